The minimum absolute atomic E-state index is 0.0882. The fourth-order valence-corrected chi connectivity index (χ4v) is 4.95. The Morgan fingerprint density at radius 1 is 1.37 bits per heavy atom. The third-order valence-electron chi connectivity index (χ3n) is 4.28. The second-order valence-corrected chi connectivity index (χ2v) is 8.73. The van der Waals surface area contributed by atoms with Crippen LogP contribution < -0.4 is 5.32 Å². The summed E-state index contributed by atoms with van der Waals surface area (Å²) in [5, 5.41) is 22.2. The summed E-state index contributed by atoms with van der Waals surface area (Å²) >= 11 is 8.44. The Morgan fingerprint density at radius 2 is 2.13 bits per heavy atom. The van der Waals surface area contributed by atoms with Crippen molar-refractivity contribution in [3.63, 3.8) is 0 Å². The number of rotatable bonds is 7. The molecule has 3 rings (SSSR count). The number of halogens is 1. The monoisotopic (exact) mass is 459 g/mol. The summed E-state index contributed by atoms with van der Waals surface area (Å²) in [5.74, 6) is 0.344. The van der Waals surface area contributed by atoms with Gasteiger partial charge in [0.2, 0.25) is 5.91 Å². The van der Waals surface area contributed by atoms with E-state index in [0.717, 1.165) is 16.9 Å². The molecule has 3 aromatic rings. The lowest BCUT2D eigenvalue weighted by molar-refractivity contribution is -0.113. The number of carbonyl (C=O) groups excluding carboxylic acids is 2. The maximum absolute atomic E-state index is 12.5. The second-order valence-electron chi connectivity index (χ2n) is 6.33. The molecule has 0 bridgehead atoms. The number of hydrogen-bond donors (Lipinski definition) is 1. The highest BCUT2D eigenvalue weighted by Gasteiger charge is 2.20. The summed E-state index contributed by atoms with van der Waals surface area (Å²) in [7, 11) is 0. The molecule has 1 N–H and O–H groups in total. The molecule has 0 aliphatic carbocycles. The molecule has 2 aromatic heterocycles. The fourth-order valence-electron chi connectivity index (χ4n) is 2.89. The number of thiophene rings is 1. The Balaban J connectivity index is 1.74. The Bertz CT molecular complexity index is 1160. The maximum atomic E-state index is 12.5. The van der Waals surface area contributed by atoms with Gasteiger partial charge in [-0.2, -0.15) is 5.26 Å². The summed E-state index contributed by atoms with van der Waals surface area (Å²) < 4.78 is 1.91. The largest absolute Gasteiger partial charge is 0.316 e. The van der Waals surface area contributed by atoms with Crippen LogP contribution in [0, 0.1) is 18.3 Å². The van der Waals surface area contributed by atoms with Gasteiger partial charge in [0.1, 0.15) is 11.1 Å². The zero-order valence-corrected chi connectivity index (χ0v) is 18.9. The van der Waals surface area contributed by atoms with Crippen LogP contribution in [-0.4, -0.2) is 32.2 Å². The van der Waals surface area contributed by atoms with Crippen LogP contribution in [0.1, 0.15) is 34.6 Å². The van der Waals surface area contributed by atoms with Gasteiger partial charge >= 0.3 is 0 Å². The molecule has 30 heavy (non-hydrogen) atoms. The molecule has 0 radical (unpaired) electrons. The first-order valence-corrected chi connectivity index (χ1v) is 11.2. The Labute approximate surface area is 187 Å². The van der Waals surface area contributed by atoms with Gasteiger partial charge < -0.3 is 9.88 Å². The van der Waals surface area contributed by atoms with E-state index in [9.17, 15) is 14.9 Å². The number of amides is 1. The maximum Gasteiger partial charge on any atom is 0.235 e. The third-order valence-corrected chi connectivity index (χ3v) is 6.79. The standard InChI is InChI=1S/C20H18ClN5O2S2/c1-4-26-18(13-6-5-7-14(21)8-13)24-25-20(26)29-10-16(28)23-19-15(9-22)11(2)17(30-19)12(3)27/h5-8H,4,10H2,1-3H3,(H,23,28). The third kappa shape index (κ3) is 4.56. The van der Waals surface area contributed by atoms with Crippen molar-refractivity contribution in [2.24, 2.45) is 0 Å². The van der Waals surface area contributed by atoms with Gasteiger partial charge in [-0.15, -0.1) is 21.5 Å². The first kappa shape index (κ1) is 22.0. The van der Waals surface area contributed by atoms with Crippen molar-refractivity contribution in [3.05, 3.63) is 45.3 Å². The molecular formula is C20H18ClN5O2S2. The average molecular weight is 460 g/mol. The van der Waals surface area contributed by atoms with Crippen LogP contribution in [0.15, 0.2) is 29.4 Å². The van der Waals surface area contributed by atoms with Gasteiger partial charge in [-0.25, -0.2) is 0 Å². The summed E-state index contributed by atoms with van der Waals surface area (Å²) in [6.07, 6.45) is 0. The zero-order chi connectivity index (χ0) is 21.8. The molecule has 0 atom stereocenters. The average Bonchev–Trinajstić information content (AvgIpc) is 3.26. The van der Waals surface area contributed by atoms with Gasteiger partial charge in [0.15, 0.2) is 16.8 Å². The van der Waals surface area contributed by atoms with Gasteiger partial charge in [-0.3, -0.25) is 9.59 Å². The van der Waals surface area contributed by atoms with Gasteiger partial charge in [0, 0.05) is 17.1 Å². The van der Waals surface area contributed by atoms with Gasteiger partial charge in [-0.1, -0.05) is 35.5 Å². The molecule has 0 saturated heterocycles. The van der Waals surface area contributed by atoms with Crippen LogP contribution in [-0.2, 0) is 11.3 Å². The zero-order valence-electron chi connectivity index (χ0n) is 16.5. The molecule has 2 heterocycles. The van der Waals surface area contributed by atoms with Gasteiger partial charge in [0.25, 0.3) is 0 Å². The predicted molar refractivity (Wildman–Crippen MR) is 119 cm³/mol. The number of ketones is 1. The molecule has 10 heteroatoms. The van der Waals surface area contributed by atoms with Gasteiger partial charge in [-0.05, 0) is 38.5 Å². The molecule has 1 amide bonds. The molecule has 154 valence electrons. The van der Waals surface area contributed by atoms with E-state index in [0.29, 0.717) is 43.6 Å². The SMILES string of the molecule is CCn1c(SCC(=O)Nc2sc(C(C)=O)c(C)c2C#N)nnc1-c1cccc(Cl)c1. The van der Waals surface area contributed by atoms with E-state index in [1.807, 2.05) is 29.7 Å². The summed E-state index contributed by atoms with van der Waals surface area (Å²) in [4.78, 5) is 24.7. The second kappa shape index (κ2) is 9.43. The lowest BCUT2D eigenvalue weighted by Crippen LogP contribution is -2.14. The molecule has 7 nitrogen and oxygen atoms in total. The number of nitriles is 1. The van der Waals surface area contributed by atoms with Crippen LogP contribution in [0.4, 0.5) is 5.00 Å². The molecule has 0 aliphatic heterocycles. The quantitative estimate of drug-likeness (QED) is 0.402. The van der Waals surface area contributed by atoms with Crippen LogP contribution in [0.3, 0.4) is 0 Å². The van der Waals surface area contributed by atoms with Crippen LogP contribution >= 0.6 is 34.7 Å². The lowest BCUT2D eigenvalue weighted by Gasteiger charge is -2.08. The molecule has 0 spiro atoms. The number of aromatic nitrogens is 3. The molecular weight excluding hydrogens is 442 g/mol. The number of nitrogens with one attached hydrogen (secondary N) is 1. The van der Waals surface area contributed by atoms with E-state index in [4.69, 9.17) is 11.6 Å². The van der Waals surface area contributed by atoms with E-state index in [2.05, 4.69) is 21.6 Å². The van der Waals surface area contributed by atoms with Crippen molar-refractivity contribution in [2.75, 3.05) is 11.1 Å². The topological polar surface area (TPSA) is 101 Å². The van der Waals surface area contributed by atoms with Crippen LogP contribution in [0.2, 0.25) is 5.02 Å². The van der Waals surface area contributed by atoms with Crippen molar-refractivity contribution in [3.8, 4) is 17.5 Å². The smallest absolute Gasteiger partial charge is 0.235 e. The van der Waals surface area contributed by atoms with Crippen LogP contribution in [0.5, 0.6) is 0 Å². The van der Waals surface area contributed by atoms with Crippen molar-refractivity contribution in [1.82, 2.24) is 14.8 Å². The highest BCUT2D eigenvalue weighted by atomic mass is 35.5. The number of carbonyl (C=O) groups is 2. The van der Waals surface area contributed by atoms with Crippen molar-refractivity contribution >= 4 is 51.4 Å². The number of Topliss-reactive ketones (excluding diaryl/α,β-unsaturated/α-hetero) is 1. The molecule has 0 unspecified atom stereocenters. The number of anilines is 1. The molecule has 0 saturated carbocycles. The normalized spacial score (nSPS) is 10.6. The Kier molecular flexibility index (Phi) is 6.92. The summed E-state index contributed by atoms with van der Waals surface area (Å²) in [6.45, 7) is 5.75. The van der Waals surface area contributed by atoms with Gasteiger partial charge in [0.05, 0.1) is 16.2 Å². The summed E-state index contributed by atoms with van der Waals surface area (Å²) in [5.41, 5.74) is 1.76. The van der Waals surface area contributed by atoms with E-state index in [-0.39, 0.29) is 17.4 Å². The Hall–Kier alpha value is -2.67. The van der Waals surface area contributed by atoms with E-state index >= 15 is 0 Å². The number of nitrogens with zero attached hydrogens (tertiary/aromatic N) is 4. The summed E-state index contributed by atoms with van der Waals surface area (Å²) in [6, 6.07) is 9.41. The number of benzene rings is 1. The first-order chi connectivity index (χ1) is 14.3. The van der Waals surface area contributed by atoms with Crippen molar-refractivity contribution < 1.29 is 9.59 Å². The van der Waals surface area contributed by atoms with Crippen molar-refractivity contribution in [2.45, 2.75) is 32.5 Å². The van der Waals surface area contributed by atoms with E-state index in [1.165, 1.54) is 18.7 Å². The minimum atomic E-state index is -0.289. The van der Waals surface area contributed by atoms with E-state index < -0.39 is 0 Å². The highest BCUT2D eigenvalue weighted by Crippen LogP contribution is 2.33. The lowest BCUT2D eigenvalue weighted by atomic mass is 10.1. The highest BCUT2D eigenvalue weighted by molar-refractivity contribution is 7.99. The molecule has 0 aliphatic rings. The minimum Gasteiger partial charge on any atom is -0.316 e. The molecule has 1 aromatic carbocycles. The number of thioether (sulfide) groups is 1. The number of hydrogen-bond acceptors (Lipinski definition) is 7. The predicted octanol–water partition coefficient (Wildman–Crippen LogP) is 4.79. The first-order valence-electron chi connectivity index (χ1n) is 9.01. The fraction of sp³-hybridized carbons (Fsp3) is 0.250. The van der Waals surface area contributed by atoms with E-state index in [1.54, 1.807) is 13.0 Å². The Morgan fingerprint density at radius 3 is 2.77 bits per heavy atom. The molecule has 0 fully saturated rings. The van der Waals surface area contributed by atoms with Crippen molar-refractivity contribution in [1.29, 1.82) is 5.26 Å². The van der Waals surface area contributed by atoms with Crippen LogP contribution in [0.25, 0.3) is 11.4 Å².